The van der Waals surface area contributed by atoms with Crippen LogP contribution < -0.4 is 0 Å². The van der Waals surface area contributed by atoms with Gasteiger partial charge in [0.1, 0.15) is 5.75 Å². The molecule has 17 heavy (non-hydrogen) atoms. The lowest BCUT2D eigenvalue weighted by atomic mass is 10.4. The van der Waals surface area contributed by atoms with Gasteiger partial charge in [-0.3, -0.25) is 8.74 Å². The van der Waals surface area contributed by atoms with Crippen molar-refractivity contribution in [3.63, 3.8) is 0 Å². The third kappa shape index (κ3) is 18.0. The van der Waals surface area contributed by atoms with E-state index in [2.05, 4.69) is 10.6 Å². The fourth-order valence-corrected chi connectivity index (χ4v) is 1.27. The van der Waals surface area contributed by atoms with Crippen molar-refractivity contribution in [1.82, 2.24) is 0 Å². The zero-order chi connectivity index (χ0) is 13.9. The Morgan fingerprint density at radius 2 is 1.76 bits per heavy atom. The second kappa shape index (κ2) is 9.41. The highest BCUT2D eigenvalue weighted by molar-refractivity contribution is 7.86. The molecule has 0 aliphatic heterocycles. The van der Waals surface area contributed by atoms with Crippen LogP contribution in [-0.4, -0.2) is 39.5 Å². The maximum atomic E-state index is 10.7. The van der Waals surface area contributed by atoms with E-state index in [1.54, 1.807) is 12.8 Å². The first kappa shape index (κ1) is 18.7. The molecule has 0 saturated heterocycles. The van der Waals surface area contributed by atoms with Crippen LogP contribution in [0.25, 0.3) is 0 Å². The monoisotopic (exact) mass is 286 g/mol. The topological polar surface area (TPSA) is 97.7 Å². The van der Waals surface area contributed by atoms with Gasteiger partial charge in [0.2, 0.25) is 0 Å². The van der Waals surface area contributed by atoms with Crippen molar-refractivity contribution in [2.45, 2.75) is 26.7 Å². The SMILES string of the molecule is C#CCS(=O)(=O)O.CCCCOS(=O)(=O)CC. The summed E-state index contributed by atoms with van der Waals surface area (Å²) >= 11 is 0. The van der Waals surface area contributed by atoms with E-state index in [1.165, 1.54) is 0 Å². The van der Waals surface area contributed by atoms with Crippen molar-refractivity contribution < 1.29 is 25.6 Å². The standard InChI is InChI=1S/C6H14O3S.C3H4O3S/c1-3-5-6-9-10(7,8)4-2;1-2-3-7(4,5)6/h3-6H2,1-2H3;1H,3H2,(H,4,5,6). The molecule has 6 nitrogen and oxygen atoms in total. The number of terminal acetylenes is 1. The van der Waals surface area contributed by atoms with E-state index in [9.17, 15) is 16.8 Å². The van der Waals surface area contributed by atoms with Crippen LogP contribution in [-0.2, 0) is 24.4 Å². The predicted octanol–water partition coefficient (Wildman–Crippen LogP) is 0.660. The lowest BCUT2D eigenvalue weighted by Gasteiger charge is -2.00. The van der Waals surface area contributed by atoms with Gasteiger partial charge in [0, 0.05) is 0 Å². The van der Waals surface area contributed by atoms with Gasteiger partial charge < -0.3 is 0 Å². The molecule has 0 aromatic carbocycles. The highest BCUT2D eigenvalue weighted by Gasteiger charge is 2.04. The minimum absolute atomic E-state index is 0.0662. The summed E-state index contributed by atoms with van der Waals surface area (Å²) in [6.45, 7) is 3.88. The maximum Gasteiger partial charge on any atom is 0.276 e. The second-order valence-corrected chi connectivity index (χ2v) is 6.33. The van der Waals surface area contributed by atoms with Crippen molar-refractivity contribution >= 4 is 20.2 Å². The quantitative estimate of drug-likeness (QED) is 0.333. The Morgan fingerprint density at radius 1 is 1.24 bits per heavy atom. The molecule has 0 aromatic heterocycles. The van der Waals surface area contributed by atoms with Crippen LogP contribution in [0.15, 0.2) is 0 Å². The summed E-state index contributed by atoms with van der Waals surface area (Å²) in [7, 11) is -7.10. The molecular formula is C9H18O6S2. The molecule has 0 rings (SSSR count). The van der Waals surface area contributed by atoms with Gasteiger partial charge in [-0.05, 0) is 13.3 Å². The molecule has 102 valence electrons. The van der Waals surface area contributed by atoms with Crippen molar-refractivity contribution in [2.75, 3.05) is 18.1 Å². The summed E-state index contributed by atoms with van der Waals surface area (Å²) in [6.07, 6.45) is 6.29. The average Bonchev–Trinajstić information content (AvgIpc) is 2.17. The molecule has 0 amide bonds. The first-order valence-electron chi connectivity index (χ1n) is 4.94. The van der Waals surface area contributed by atoms with Crippen molar-refractivity contribution in [3.05, 3.63) is 0 Å². The number of rotatable bonds is 6. The van der Waals surface area contributed by atoms with E-state index in [-0.39, 0.29) is 5.75 Å². The highest BCUT2D eigenvalue weighted by Crippen LogP contribution is 1.95. The molecule has 0 aromatic rings. The molecule has 0 aliphatic rings. The molecule has 0 atom stereocenters. The third-order valence-corrected chi connectivity index (χ3v) is 3.14. The lowest BCUT2D eigenvalue weighted by molar-refractivity contribution is 0.311. The molecule has 0 bridgehead atoms. The zero-order valence-electron chi connectivity index (χ0n) is 9.92. The van der Waals surface area contributed by atoms with E-state index >= 15 is 0 Å². The van der Waals surface area contributed by atoms with Crippen LogP contribution in [0.5, 0.6) is 0 Å². The zero-order valence-corrected chi connectivity index (χ0v) is 11.6. The predicted molar refractivity (Wildman–Crippen MR) is 65.6 cm³/mol. The van der Waals surface area contributed by atoms with Gasteiger partial charge in [-0.1, -0.05) is 19.3 Å². The molecular weight excluding hydrogens is 268 g/mol. The molecule has 0 radical (unpaired) electrons. The largest absolute Gasteiger partial charge is 0.285 e. The minimum Gasteiger partial charge on any atom is -0.285 e. The molecule has 8 heteroatoms. The average molecular weight is 286 g/mol. The summed E-state index contributed by atoms with van der Waals surface area (Å²) < 4.78 is 53.0. The highest BCUT2D eigenvalue weighted by atomic mass is 32.2. The van der Waals surface area contributed by atoms with E-state index in [1.807, 2.05) is 6.92 Å². The number of unbranched alkanes of at least 4 members (excludes halogenated alkanes) is 1. The van der Waals surface area contributed by atoms with E-state index in [4.69, 9.17) is 4.55 Å². The van der Waals surface area contributed by atoms with Gasteiger partial charge in [-0.25, -0.2) is 0 Å². The van der Waals surface area contributed by atoms with Crippen molar-refractivity contribution in [2.24, 2.45) is 0 Å². The Bertz CT molecular complexity index is 415. The maximum absolute atomic E-state index is 10.7. The molecule has 0 aliphatic carbocycles. The van der Waals surface area contributed by atoms with Crippen LogP contribution in [0.3, 0.4) is 0 Å². The summed E-state index contributed by atoms with van der Waals surface area (Å²) in [6, 6.07) is 0. The van der Waals surface area contributed by atoms with Gasteiger partial charge in [-0.2, -0.15) is 16.8 Å². The Kier molecular flexibility index (Phi) is 10.4. The summed E-state index contributed by atoms with van der Waals surface area (Å²) in [4.78, 5) is 0. The van der Waals surface area contributed by atoms with E-state index in [0.717, 1.165) is 12.8 Å². The van der Waals surface area contributed by atoms with Gasteiger partial charge in [0.15, 0.2) is 0 Å². The van der Waals surface area contributed by atoms with Crippen LogP contribution in [0.1, 0.15) is 26.7 Å². The van der Waals surface area contributed by atoms with Crippen LogP contribution in [0, 0.1) is 12.3 Å². The van der Waals surface area contributed by atoms with E-state index in [0.29, 0.717) is 6.61 Å². The van der Waals surface area contributed by atoms with Gasteiger partial charge in [0.25, 0.3) is 20.2 Å². The number of hydrogen-bond donors (Lipinski definition) is 1. The number of hydrogen-bond acceptors (Lipinski definition) is 5. The Morgan fingerprint density at radius 3 is 2.00 bits per heavy atom. The molecule has 1 N–H and O–H groups in total. The normalized spacial score (nSPS) is 11.2. The van der Waals surface area contributed by atoms with Crippen LogP contribution >= 0.6 is 0 Å². The fraction of sp³-hybridized carbons (Fsp3) is 0.778. The molecule has 0 fully saturated rings. The van der Waals surface area contributed by atoms with Gasteiger partial charge in [0.05, 0.1) is 12.4 Å². The first-order valence-corrected chi connectivity index (χ1v) is 8.12. The molecule has 0 saturated carbocycles. The Hall–Kier alpha value is -0.620. The Balaban J connectivity index is 0. The summed E-state index contributed by atoms with van der Waals surface area (Å²) in [5.41, 5.74) is 0. The summed E-state index contributed by atoms with van der Waals surface area (Å²) in [5.74, 6) is 1.23. The second-order valence-electron chi connectivity index (χ2n) is 2.95. The Labute approximate surface area is 103 Å². The van der Waals surface area contributed by atoms with Crippen molar-refractivity contribution in [3.8, 4) is 12.3 Å². The van der Waals surface area contributed by atoms with E-state index < -0.39 is 26.0 Å². The first-order chi connectivity index (χ1) is 7.68. The third-order valence-electron chi connectivity index (χ3n) is 1.38. The molecule has 0 heterocycles. The minimum atomic E-state index is -3.91. The summed E-state index contributed by atoms with van der Waals surface area (Å²) in [5, 5.41) is 0. The van der Waals surface area contributed by atoms with Crippen LogP contribution in [0.2, 0.25) is 0 Å². The van der Waals surface area contributed by atoms with Gasteiger partial charge in [-0.15, -0.1) is 6.42 Å². The van der Waals surface area contributed by atoms with Crippen molar-refractivity contribution in [1.29, 1.82) is 0 Å². The van der Waals surface area contributed by atoms with Gasteiger partial charge >= 0.3 is 0 Å². The molecule has 0 spiro atoms. The van der Waals surface area contributed by atoms with Crippen LogP contribution in [0.4, 0.5) is 0 Å². The smallest absolute Gasteiger partial charge is 0.276 e. The fourth-order valence-electron chi connectivity index (χ4n) is 0.519. The molecule has 0 unspecified atom stereocenters. The lowest BCUT2D eigenvalue weighted by Crippen LogP contribution is -2.08.